The summed E-state index contributed by atoms with van der Waals surface area (Å²) >= 11 is 0. The van der Waals surface area contributed by atoms with Gasteiger partial charge in [0.05, 0.1) is 18.8 Å². The fourth-order valence-electron chi connectivity index (χ4n) is 2.32. The van der Waals surface area contributed by atoms with E-state index in [0.29, 0.717) is 24.2 Å². The molecule has 0 aliphatic heterocycles. The summed E-state index contributed by atoms with van der Waals surface area (Å²) in [7, 11) is 3.81. The van der Waals surface area contributed by atoms with Crippen molar-refractivity contribution in [3.63, 3.8) is 0 Å². The van der Waals surface area contributed by atoms with Crippen LogP contribution in [0.1, 0.15) is 39.5 Å². The Balaban J connectivity index is 2.25. The van der Waals surface area contributed by atoms with Gasteiger partial charge in [0, 0.05) is 13.2 Å². The average molecular weight is 229 g/mol. The minimum atomic E-state index is 0.397. The summed E-state index contributed by atoms with van der Waals surface area (Å²) < 4.78 is 11.4. The molecule has 1 N–H and O–H groups in total. The molecule has 96 valence electrons. The van der Waals surface area contributed by atoms with Gasteiger partial charge in [-0.25, -0.2) is 0 Å². The Bertz CT molecular complexity index is 185. The number of hydrogen-bond donors (Lipinski definition) is 1. The lowest BCUT2D eigenvalue weighted by Crippen LogP contribution is -2.38. The molecule has 0 spiro atoms. The fourth-order valence-corrected chi connectivity index (χ4v) is 2.32. The summed E-state index contributed by atoms with van der Waals surface area (Å²) in [6, 6.07) is 0.461. The van der Waals surface area contributed by atoms with Crippen LogP contribution in [0.4, 0.5) is 0 Å². The Morgan fingerprint density at radius 2 is 1.94 bits per heavy atom. The molecule has 0 saturated heterocycles. The molecule has 1 fully saturated rings. The molecular formula is C13H27NO2. The molecule has 0 aromatic rings. The van der Waals surface area contributed by atoms with Crippen molar-refractivity contribution in [3.8, 4) is 0 Å². The average Bonchev–Trinajstić information content (AvgIpc) is 2.29. The van der Waals surface area contributed by atoms with Crippen molar-refractivity contribution >= 4 is 0 Å². The third kappa shape index (κ3) is 4.40. The molecule has 3 unspecified atom stereocenters. The molecule has 0 amide bonds. The lowest BCUT2D eigenvalue weighted by molar-refractivity contribution is -0.0380. The van der Waals surface area contributed by atoms with E-state index < -0.39 is 0 Å². The minimum absolute atomic E-state index is 0.397. The van der Waals surface area contributed by atoms with Gasteiger partial charge in [-0.3, -0.25) is 0 Å². The molecule has 3 heteroatoms. The van der Waals surface area contributed by atoms with Gasteiger partial charge in [-0.05, 0) is 38.6 Å². The lowest BCUT2D eigenvalue weighted by atomic mass is 9.94. The number of methoxy groups -OCH3 is 1. The molecule has 16 heavy (non-hydrogen) atoms. The summed E-state index contributed by atoms with van der Waals surface area (Å²) in [6.07, 6.45) is 5.48. The van der Waals surface area contributed by atoms with Gasteiger partial charge < -0.3 is 14.8 Å². The number of likely N-dealkylation sites (N-methyl/N-ethyl adjacent to an activating group) is 1. The smallest absolute Gasteiger partial charge is 0.0625 e. The monoisotopic (exact) mass is 229 g/mol. The number of rotatable bonds is 6. The number of ether oxygens (including phenoxy) is 2. The molecule has 3 atom stereocenters. The quantitative estimate of drug-likeness (QED) is 0.757. The molecule has 0 aromatic heterocycles. The molecule has 1 aliphatic rings. The summed E-state index contributed by atoms with van der Waals surface area (Å²) in [5, 5.41) is 3.31. The summed E-state index contributed by atoms with van der Waals surface area (Å²) in [5.41, 5.74) is 0. The molecule has 0 heterocycles. The highest BCUT2D eigenvalue weighted by Crippen LogP contribution is 2.23. The van der Waals surface area contributed by atoms with Gasteiger partial charge in [0.1, 0.15) is 0 Å². The maximum atomic E-state index is 5.99. The van der Waals surface area contributed by atoms with Crippen molar-refractivity contribution in [2.75, 3.05) is 20.8 Å². The van der Waals surface area contributed by atoms with Crippen LogP contribution in [-0.2, 0) is 9.47 Å². The standard InChI is InChI=1S/C13H27NO2/c1-10(2)13(14-3)9-16-12-7-5-6-11(8-12)15-4/h10-14H,5-9H2,1-4H3. The third-order valence-corrected chi connectivity index (χ3v) is 3.60. The van der Waals surface area contributed by atoms with E-state index in [1.807, 2.05) is 7.05 Å². The number of hydrogen-bond acceptors (Lipinski definition) is 3. The second-order valence-electron chi connectivity index (χ2n) is 5.12. The minimum Gasteiger partial charge on any atom is -0.381 e. The third-order valence-electron chi connectivity index (χ3n) is 3.60. The van der Waals surface area contributed by atoms with Crippen molar-refractivity contribution < 1.29 is 9.47 Å². The first-order chi connectivity index (χ1) is 7.67. The SMILES string of the molecule is CNC(COC1CCCC(OC)C1)C(C)C. The van der Waals surface area contributed by atoms with Crippen molar-refractivity contribution in [2.45, 2.75) is 57.8 Å². The Morgan fingerprint density at radius 1 is 1.25 bits per heavy atom. The first-order valence-corrected chi connectivity index (χ1v) is 6.49. The van der Waals surface area contributed by atoms with E-state index in [-0.39, 0.29) is 0 Å². The van der Waals surface area contributed by atoms with E-state index >= 15 is 0 Å². The van der Waals surface area contributed by atoms with E-state index in [2.05, 4.69) is 19.2 Å². The fraction of sp³-hybridized carbons (Fsp3) is 1.00. The molecular weight excluding hydrogens is 202 g/mol. The van der Waals surface area contributed by atoms with Crippen LogP contribution in [-0.4, -0.2) is 39.0 Å². The van der Waals surface area contributed by atoms with E-state index in [4.69, 9.17) is 9.47 Å². The van der Waals surface area contributed by atoms with Crippen LogP contribution in [0.15, 0.2) is 0 Å². The highest BCUT2D eigenvalue weighted by atomic mass is 16.5. The van der Waals surface area contributed by atoms with Crippen LogP contribution in [0.25, 0.3) is 0 Å². The largest absolute Gasteiger partial charge is 0.381 e. The lowest BCUT2D eigenvalue weighted by Gasteiger charge is -2.30. The Labute approximate surface area is 99.9 Å². The Kier molecular flexibility index (Phi) is 6.32. The van der Waals surface area contributed by atoms with E-state index in [1.54, 1.807) is 7.11 Å². The Hall–Kier alpha value is -0.120. The van der Waals surface area contributed by atoms with Crippen LogP contribution in [0.3, 0.4) is 0 Å². The number of nitrogens with one attached hydrogen (secondary N) is 1. The molecule has 1 aliphatic carbocycles. The summed E-state index contributed by atoms with van der Waals surface area (Å²) in [5.74, 6) is 0.617. The van der Waals surface area contributed by atoms with Gasteiger partial charge in [0.25, 0.3) is 0 Å². The molecule has 1 saturated carbocycles. The van der Waals surface area contributed by atoms with Crippen LogP contribution < -0.4 is 5.32 Å². The van der Waals surface area contributed by atoms with Crippen molar-refractivity contribution in [1.82, 2.24) is 5.32 Å². The van der Waals surface area contributed by atoms with Gasteiger partial charge in [-0.2, -0.15) is 0 Å². The van der Waals surface area contributed by atoms with E-state index in [0.717, 1.165) is 13.0 Å². The highest BCUT2D eigenvalue weighted by Gasteiger charge is 2.23. The van der Waals surface area contributed by atoms with Gasteiger partial charge >= 0.3 is 0 Å². The van der Waals surface area contributed by atoms with Gasteiger partial charge in [0.2, 0.25) is 0 Å². The highest BCUT2D eigenvalue weighted by molar-refractivity contribution is 4.75. The zero-order chi connectivity index (χ0) is 12.0. The molecule has 3 nitrogen and oxygen atoms in total. The normalized spacial score (nSPS) is 28.3. The van der Waals surface area contributed by atoms with Gasteiger partial charge in [-0.1, -0.05) is 13.8 Å². The first-order valence-electron chi connectivity index (χ1n) is 6.49. The predicted molar refractivity (Wildman–Crippen MR) is 66.7 cm³/mol. The molecule has 0 aromatic carbocycles. The van der Waals surface area contributed by atoms with Crippen LogP contribution in [0.2, 0.25) is 0 Å². The maximum absolute atomic E-state index is 5.99. The molecule has 0 radical (unpaired) electrons. The van der Waals surface area contributed by atoms with Gasteiger partial charge in [-0.15, -0.1) is 0 Å². The topological polar surface area (TPSA) is 30.5 Å². The summed E-state index contributed by atoms with van der Waals surface area (Å²) in [4.78, 5) is 0. The van der Waals surface area contributed by atoms with Crippen LogP contribution in [0.5, 0.6) is 0 Å². The zero-order valence-electron chi connectivity index (χ0n) is 11.2. The van der Waals surface area contributed by atoms with Crippen molar-refractivity contribution in [2.24, 2.45) is 5.92 Å². The van der Waals surface area contributed by atoms with Crippen LogP contribution in [0, 0.1) is 5.92 Å². The van der Waals surface area contributed by atoms with E-state index in [1.165, 1.54) is 19.3 Å². The van der Waals surface area contributed by atoms with E-state index in [9.17, 15) is 0 Å². The van der Waals surface area contributed by atoms with Gasteiger partial charge in [0.15, 0.2) is 0 Å². The zero-order valence-corrected chi connectivity index (χ0v) is 11.2. The summed E-state index contributed by atoms with van der Waals surface area (Å²) in [6.45, 7) is 5.27. The maximum Gasteiger partial charge on any atom is 0.0625 e. The van der Waals surface area contributed by atoms with Crippen molar-refractivity contribution in [1.29, 1.82) is 0 Å². The van der Waals surface area contributed by atoms with Crippen LogP contribution >= 0.6 is 0 Å². The van der Waals surface area contributed by atoms with Crippen molar-refractivity contribution in [3.05, 3.63) is 0 Å². The molecule has 0 bridgehead atoms. The Morgan fingerprint density at radius 3 is 2.50 bits per heavy atom. The predicted octanol–water partition coefficient (Wildman–Crippen LogP) is 2.20. The second kappa shape index (κ2) is 7.25. The first kappa shape index (κ1) is 13.9. The molecule has 1 rings (SSSR count). The second-order valence-corrected chi connectivity index (χ2v) is 5.12.